The van der Waals surface area contributed by atoms with Crippen LogP contribution in [0, 0.1) is 12.8 Å². The Morgan fingerprint density at radius 1 is 1.13 bits per heavy atom. The molecular weight excluding hydrogens is 418 g/mol. The molecule has 3 rings (SSSR count). The zero-order valence-corrected chi connectivity index (χ0v) is 18.7. The number of aryl methyl sites for hydroxylation is 1. The van der Waals surface area contributed by atoms with Crippen molar-refractivity contribution < 1.29 is 22.7 Å². The average molecular weight is 446 g/mol. The minimum absolute atomic E-state index is 0.130. The van der Waals surface area contributed by atoms with E-state index in [0.29, 0.717) is 36.4 Å². The number of methoxy groups -OCH3 is 2. The lowest BCUT2D eigenvalue weighted by Crippen LogP contribution is -2.44. The molecule has 1 heterocycles. The van der Waals surface area contributed by atoms with E-state index in [0.717, 1.165) is 5.56 Å². The smallest absolute Gasteiger partial charge is 0.244 e. The van der Waals surface area contributed by atoms with Gasteiger partial charge in [-0.3, -0.25) is 4.79 Å². The van der Waals surface area contributed by atoms with Gasteiger partial charge in [0.05, 0.1) is 31.2 Å². The van der Waals surface area contributed by atoms with Crippen molar-refractivity contribution in [2.24, 2.45) is 11.0 Å². The van der Waals surface area contributed by atoms with Crippen molar-refractivity contribution in [3.8, 4) is 11.5 Å². The monoisotopic (exact) mass is 445 g/mol. The summed E-state index contributed by atoms with van der Waals surface area (Å²) < 4.78 is 37.7. The van der Waals surface area contributed by atoms with Crippen molar-refractivity contribution in [1.29, 1.82) is 0 Å². The first kappa shape index (κ1) is 22.8. The standard InChI is InChI=1S/C22H27N3O5S/c1-16-6-8-21(9-7-16)31(27,28)25-10-4-5-18(15-25)22(26)24-23-14-17-11-19(29-2)13-20(12-17)30-3/h6-9,11-14,18H,4-5,10,15H2,1-3H3,(H,24,26)/b23-14-/t18-/m0/s1. The fourth-order valence-corrected chi connectivity index (χ4v) is 4.92. The summed E-state index contributed by atoms with van der Waals surface area (Å²) in [4.78, 5) is 12.8. The quantitative estimate of drug-likeness (QED) is 0.522. The Morgan fingerprint density at radius 2 is 1.77 bits per heavy atom. The third-order valence-electron chi connectivity index (χ3n) is 5.18. The van der Waals surface area contributed by atoms with Crippen LogP contribution in [0.5, 0.6) is 11.5 Å². The van der Waals surface area contributed by atoms with Crippen molar-refractivity contribution in [3.05, 3.63) is 53.6 Å². The highest BCUT2D eigenvalue weighted by atomic mass is 32.2. The molecule has 1 amide bonds. The molecule has 1 atom stereocenters. The lowest BCUT2D eigenvalue weighted by molar-refractivity contribution is -0.126. The lowest BCUT2D eigenvalue weighted by atomic mass is 9.99. The molecular formula is C22H27N3O5S. The minimum Gasteiger partial charge on any atom is -0.497 e. The van der Waals surface area contributed by atoms with Crippen LogP contribution in [-0.2, 0) is 14.8 Å². The van der Waals surface area contributed by atoms with Crippen LogP contribution >= 0.6 is 0 Å². The number of amides is 1. The van der Waals surface area contributed by atoms with Gasteiger partial charge in [0, 0.05) is 24.7 Å². The van der Waals surface area contributed by atoms with E-state index >= 15 is 0 Å². The molecule has 31 heavy (non-hydrogen) atoms. The van der Waals surface area contributed by atoms with Gasteiger partial charge in [-0.1, -0.05) is 17.7 Å². The summed E-state index contributed by atoms with van der Waals surface area (Å²) >= 11 is 0. The predicted octanol–water partition coefficient (Wildman–Crippen LogP) is 2.56. The fourth-order valence-electron chi connectivity index (χ4n) is 3.40. The molecule has 0 bridgehead atoms. The molecule has 0 unspecified atom stereocenters. The van der Waals surface area contributed by atoms with E-state index in [1.807, 2.05) is 6.92 Å². The molecule has 0 radical (unpaired) electrons. The third-order valence-corrected chi connectivity index (χ3v) is 7.06. The molecule has 1 aliphatic heterocycles. The molecule has 166 valence electrons. The minimum atomic E-state index is -3.64. The average Bonchev–Trinajstić information content (AvgIpc) is 2.79. The van der Waals surface area contributed by atoms with E-state index in [1.54, 1.807) is 56.7 Å². The third kappa shape index (κ3) is 5.62. The molecule has 0 saturated carbocycles. The number of hydrazone groups is 1. The predicted molar refractivity (Wildman–Crippen MR) is 118 cm³/mol. The van der Waals surface area contributed by atoms with Crippen LogP contribution in [-0.4, -0.2) is 52.2 Å². The van der Waals surface area contributed by atoms with Gasteiger partial charge in [-0.15, -0.1) is 0 Å². The Morgan fingerprint density at radius 3 is 2.39 bits per heavy atom. The molecule has 9 heteroatoms. The number of carbonyl (C=O) groups excluding carboxylic acids is 1. The van der Waals surface area contributed by atoms with Crippen LogP contribution in [0.15, 0.2) is 52.5 Å². The second kappa shape index (κ2) is 9.93. The molecule has 1 N–H and O–H groups in total. The number of hydrogen-bond donors (Lipinski definition) is 1. The highest BCUT2D eigenvalue weighted by Crippen LogP contribution is 2.24. The highest BCUT2D eigenvalue weighted by molar-refractivity contribution is 7.89. The van der Waals surface area contributed by atoms with Crippen LogP contribution < -0.4 is 14.9 Å². The maximum Gasteiger partial charge on any atom is 0.244 e. The molecule has 1 aliphatic rings. The maximum atomic E-state index is 12.9. The van der Waals surface area contributed by atoms with Gasteiger partial charge in [-0.05, 0) is 44.0 Å². The van der Waals surface area contributed by atoms with Crippen molar-refractivity contribution in [1.82, 2.24) is 9.73 Å². The second-order valence-electron chi connectivity index (χ2n) is 7.40. The number of carbonyl (C=O) groups is 1. The summed E-state index contributed by atoms with van der Waals surface area (Å²) in [6.07, 6.45) is 2.71. The van der Waals surface area contributed by atoms with Crippen LogP contribution in [0.1, 0.15) is 24.0 Å². The van der Waals surface area contributed by atoms with E-state index in [2.05, 4.69) is 10.5 Å². The lowest BCUT2D eigenvalue weighted by Gasteiger charge is -2.30. The van der Waals surface area contributed by atoms with Crippen LogP contribution in [0.2, 0.25) is 0 Å². The first-order valence-electron chi connectivity index (χ1n) is 9.96. The molecule has 8 nitrogen and oxygen atoms in total. The summed E-state index contributed by atoms with van der Waals surface area (Å²) in [5.41, 5.74) is 4.21. The SMILES string of the molecule is COc1cc(/C=N\NC(=O)[C@H]2CCCN(S(=O)(=O)c3ccc(C)cc3)C2)cc(OC)c1. The van der Waals surface area contributed by atoms with Crippen LogP contribution in [0.25, 0.3) is 0 Å². The van der Waals surface area contributed by atoms with E-state index in [4.69, 9.17) is 9.47 Å². The Kier molecular flexibility index (Phi) is 7.29. The number of hydrogen-bond acceptors (Lipinski definition) is 6. The first-order valence-corrected chi connectivity index (χ1v) is 11.4. The molecule has 1 fully saturated rings. The Hall–Kier alpha value is -2.91. The zero-order chi connectivity index (χ0) is 22.4. The number of piperidine rings is 1. The van der Waals surface area contributed by atoms with Crippen molar-refractivity contribution in [2.45, 2.75) is 24.7 Å². The van der Waals surface area contributed by atoms with Crippen LogP contribution in [0.3, 0.4) is 0 Å². The molecule has 0 aliphatic carbocycles. The number of rotatable bonds is 7. The molecule has 2 aromatic rings. The Bertz CT molecular complexity index is 1030. The van der Waals surface area contributed by atoms with Gasteiger partial charge in [0.2, 0.25) is 15.9 Å². The number of ether oxygens (including phenoxy) is 2. The second-order valence-corrected chi connectivity index (χ2v) is 9.33. The summed E-state index contributed by atoms with van der Waals surface area (Å²) in [5, 5.41) is 4.02. The Labute approximate surface area is 182 Å². The first-order chi connectivity index (χ1) is 14.8. The molecule has 0 spiro atoms. The summed E-state index contributed by atoms with van der Waals surface area (Å²) in [7, 11) is -0.532. The zero-order valence-electron chi connectivity index (χ0n) is 17.9. The van der Waals surface area contributed by atoms with Gasteiger partial charge in [0.1, 0.15) is 11.5 Å². The van der Waals surface area contributed by atoms with Gasteiger partial charge < -0.3 is 9.47 Å². The van der Waals surface area contributed by atoms with Gasteiger partial charge in [-0.25, -0.2) is 13.8 Å². The van der Waals surface area contributed by atoms with E-state index in [-0.39, 0.29) is 17.3 Å². The number of nitrogens with zero attached hydrogens (tertiary/aromatic N) is 2. The van der Waals surface area contributed by atoms with Gasteiger partial charge >= 0.3 is 0 Å². The summed E-state index contributed by atoms with van der Waals surface area (Å²) in [5.74, 6) is 0.439. The van der Waals surface area contributed by atoms with E-state index in [1.165, 1.54) is 10.5 Å². The highest BCUT2D eigenvalue weighted by Gasteiger charge is 2.33. The van der Waals surface area contributed by atoms with Gasteiger partial charge in [0.15, 0.2) is 0 Å². The van der Waals surface area contributed by atoms with Crippen molar-refractivity contribution in [2.75, 3.05) is 27.3 Å². The molecule has 1 saturated heterocycles. The van der Waals surface area contributed by atoms with Gasteiger partial charge in [-0.2, -0.15) is 9.41 Å². The van der Waals surface area contributed by atoms with Gasteiger partial charge in [0.25, 0.3) is 0 Å². The van der Waals surface area contributed by atoms with E-state index < -0.39 is 15.9 Å². The largest absolute Gasteiger partial charge is 0.497 e. The molecule has 0 aromatic heterocycles. The number of nitrogens with one attached hydrogen (secondary N) is 1. The normalized spacial score (nSPS) is 17.5. The summed E-state index contributed by atoms with van der Waals surface area (Å²) in [6, 6.07) is 12.0. The van der Waals surface area contributed by atoms with E-state index in [9.17, 15) is 13.2 Å². The van der Waals surface area contributed by atoms with Crippen molar-refractivity contribution in [3.63, 3.8) is 0 Å². The van der Waals surface area contributed by atoms with Crippen LogP contribution in [0.4, 0.5) is 0 Å². The topological polar surface area (TPSA) is 97.3 Å². The number of benzene rings is 2. The van der Waals surface area contributed by atoms with Crippen molar-refractivity contribution >= 4 is 22.1 Å². The fraction of sp³-hybridized carbons (Fsp3) is 0.364. The summed E-state index contributed by atoms with van der Waals surface area (Å²) in [6.45, 7) is 2.43. The Balaban J connectivity index is 1.65. The number of sulfonamides is 1. The maximum absolute atomic E-state index is 12.9. The molecule has 2 aromatic carbocycles.